The molecular formula is C11H14BrN. The minimum Gasteiger partial charge on any atom is -0.310 e. The van der Waals surface area contributed by atoms with E-state index in [4.69, 9.17) is 0 Å². The molecule has 0 radical (unpaired) electrons. The molecule has 2 heteroatoms. The fourth-order valence-electron chi connectivity index (χ4n) is 1.98. The maximum atomic E-state index is 3.59. The van der Waals surface area contributed by atoms with Crippen LogP contribution in [0, 0.1) is 5.92 Å². The maximum absolute atomic E-state index is 3.59. The van der Waals surface area contributed by atoms with Crippen LogP contribution in [0.4, 0.5) is 0 Å². The first-order valence-electron chi connectivity index (χ1n) is 4.77. The van der Waals surface area contributed by atoms with Gasteiger partial charge in [0, 0.05) is 10.5 Å². The molecule has 1 aromatic rings. The lowest BCUT2D eigenvalue weighted by Crippen LogP contribution is -2.16. The first-order chi connectivity index (χ1) is 6.29. The summed E-state index contributed by atoms with van der Waals surface area (Å²) in [6.07, 6.45) is 1.28. The molecular weight excluding hydrogens is 226 g/mol. The zero-order chi connectivity index (χ0) is 9.26. The molecule has 13 heavy (non-hydrogen) atoms. The van der Waals surface area contributed by atoms with E-state index in [2.05, 4.69) is 52.4 Å². The number of hydrogen-bond acceptors (Lipinski definition) is 1. The van der Waals surface area contributed by atoms with Crippen molar-refractivity contribution in [2.75, 3.05) is 6.54 Å². The van der Waals surface area contributed by atoms with E-state index >= 15 is 0 Å². The molecule has 1 nitrogen and oxygen atoms in total. The highest BCUT2D eigenvalue weighted by molar-refractivity contribution is 9.10. The van der Waals surface area contributed by atoms with Crippen molar-refractivity contribution in [1.82, 2.24) is 5.32 Å². The summed E-state index contributed by atoms with van der Waals surface area (Å²) in [5, 5.41) is 3.53. The van der Waals surface area contributed by atoms with Crippen LogP contribution >= 0.6 is 15.9 Å². The highest BCUT2D eigenvalue weighted by atomic mass is 79.9. The Bertz CT molecular complexity index is 298. The van der Waals surface area contributed by atoms with Crippen molar-refractivity contribution in [2.24, 2.45) is 5.92 Å². The van der Waals surface area contributed by atoms with E-state index in [9.17, 15) is 0 Å². The van der Waals surface area contributed by atoms with Crippen LogP contribution < -0.4 is 5.32 Å². The van der Waals surface area contributed by atoms with Gasteiger partial charge in [-0.15, -0.1) is 0 Å². The minimum atomic E-state index is 0.538. The number of hydrogen-bond donors (Lipinski definition) is 1. The van der Waals surface area contributed by atoms with Gasteiger partial charge in [-0.2, -0.15) is 0 Å². The third-order valence-corrected chi connectivity index (χ3v) is 3.50. The second-order valence-electron chi connectivity index (χ2n) is 3.72. The normalized spacial score (nSPS) is 27.8. The van der Waals surface area contributed by atoms with E-state index in [1.165, 1.54) is 16.5 Å². The Morgan fingerprint density at radius 1 is 1.38 bits per heavy atom. The molecule has 70 valence electrons. The van der Waals surface area contributed by atoms with Crippen molar-refractivity contribution in [2.45, 2.75) is 19.4 Å². The molecule has 0 spiro atoms. The van der Waals surface area contributed by atoms with Crippen molar-refractivity contribution in [1.29, 1.82) is 0 Å². The molecule has 2 atom stereocenters. The van der Waals surface area contributed by atoms with Gasteiger partial charge in [0.1, 0.15) is 0 Å². The zero-order valence-corrected chi connectivity index (χ0v) is 9.34. The Morgan fingerprint density at radius 2 is 2.15 bits per heavy atom. The lowest BCUT2D eigenvalue weighted by Gasteiger charge is -2.17. The Hall–Kier alpha value is -0.340. The summed E-state index contributed by atoms with van der Waals surface area (Å²) in [5.41, 5.74) is 1.40. The first kappa shape index (κ1) is 9.22. The Labute approximate surface area is 87.7 Å². The smallest absolute Gasteiger partial charge is 0.0357 e. The highest BCUT2D eigenvalue weighted by Crippen LogP contribution is 2.33. The molecule has 0 aliphatic carbocycles. The Balaban J connectivity index is 2.29. The molecule has 1 aliphatic rings. The van der Waals surface area contributed by atoms with Gasteiger partial charge < -0.3 is 5.32 Å². The predicted molar refractivity (Wildman–Crippen MR) is 58.7 cm³/mol. The first-order valence-corrected chi connectivity index (χ1v) is 5.56. The maximum Gasteiger partial charge on any atom is 0.0357 e. The van der Waals surface area contributed by atoms with Crippen LogP contribution in [0.25, 0.3) is 0 Å². The van der Waals surface area contributed by atoms with Crippen LogP contribution in [-0.4, -0.2) is 6.54 Å². The van der Waals surface area contributed by atoms with Gasteiger partial charge in [-0.3, -0.25) is 0 Å². The summed E-state index contributed by atoms with van der Waals surface area (Å²) in [6.45, 7) is 3.46. The van der Waals surface area contributed by atoms with E-state index in [1.807, 2.05) is 0 Å². The quantitative estimate of drug-likeness (QED) is 0.795. The van der Waals surface area contributed by atoms with Crippen LogP contribution in [0.1, 0.15) is 24.9 Å². The summed E-state index contributed by atoms with van der Waals surface area (Å²) < 4.78 is 1.22. The van der Waals surface area contributed by atoms with Gasteiger partial charge in [-0.05, 0) is 30.5 Å². The van der Waals surface area contributed by atoms with Crippen LogP contribution in [0.3, 0.4) is 0 Å². The molecule has 1 aromatic carbocycles. The molecule has 0 amide bonds. The average molecular weight is 240 g/mol. The van der Waals surface area contributed by atoms with E-state index in [0.29, 0.717) is 6.04 Å². The molecule has 0 bridgehead atoms. The van der Waals surface area contributed by atoms with Crippen molar-refractivity contribution < 1.29 is 0 Å². The van der Waals surface area contributed by atoms with Crippen LogP contribution in [0.5, 0.6) is 0 Å². The third-order valence-electron chi connectivity index (χ3n) is 2.77. The molecule has 2 unspecified atom stereocenters. The summed E-state index contributed by atoms with van der Waals surface area (Å²) >= 11 is 3.59. The van der Waals surface area contributed by atoms with Gasteiger partial charge >= 0.3 is 0 Å². The van der Waals surface area contributed by atoms with E-state index in [0.717, 1.165) is 12.5 Å². The Kier molecular flexibility index (Phi) is 2.70. The minimum absolute atomic E-state index is 0.538. The Morgan fingerprint density at radius 3 is 2.77 bits per heavy atom. The van der Waals surface area contributed by atoms with Crippen molar-refractivity contribution in [3.63, 3.8) is 0 Å². The second-order valence-corrected chi connectivity index (χ2v) is 4.57. The van der Waals surface area contributed by atoms with E-state index < -0.39 is 0 Å². The molecule has 1 saturated heterocycles. The van der Waals surface area contributed by atoms with Crippen LogP contribution in [0.2, 0.25) is 0 Å². The lowest BCUT2D eigenvalue weighted by molar-refractivity contribution is 0.502. The summed E-state index contributed by atoms with van der Waals surface area (Å²) in [6, 6.07) is 9.02. The van der Waals surface area contributed by atoms with Gasteiger partial charge in [-0.25, -0.2) is 0 Å². The van der Waals surface area contributed by atoms with Gasteiger partial charge in [0.25, 0.3) is 0 Å². The summed E-state index contributed by atoms with van der Waals surface area (Å²) in [7, 11) is 0. The van der Waals surface area contributed by atoms with Gasteiger partial charge in [-0.1, -0.05) is 41.1 Å². The SMILES string of the molecule is CC1CCNC1c1ccccc1Br. The number of halogens is 1. The van der Waals surface area contributed by atoms with Gasteiger partial charge in [0.15, 0.2) is 0 Å². The van der Waals surface area contributed by atoms with Crippen molar-refractivity contribution >= 4 is 15.9 Å². The fourth-order valence-corrected chi connectivity index (χ4v) is 2.51. The van der Waals surface area contributed by atoms with E-state index in [-0.39, 0.29) is 0 Å². The highest BCUT2D eigenvalue weighted by Gasteiger charge is 2.25. The standard InChI is InChI=1S/C11H14BrN/c1-8-6-7-13-11(8)9-4-2-3-5-10(9)12/h2-5,8,11,13H,6-7H2,1H3. The van der Waals surface area contributed by atoms with Gasteiger partial charge in [0.05, 0.1) is 0 Å². The largest absolute Gasteiger partial charge is 0.310 e. The molecule has 2 rings (SSSR count). The van der Waals surface area contributed by atoms with Crippen LogP contribution in [-0.2, 0) is 0 Å². The predicted octanol–water partition coefficient (Wildman–Crippen LogP) is 3.12. The van der Waals surface area contributed by atoms with Crippen LogP contribution in [0.15, 0.2) is 28.7 Å². The monoisotopic (exact) mass is 239 g/mol. The number of nitrogens with one attached hydrogen (secondary N) is 1. The summed E-state index contributed by atoms with van der Waals surface area (Å²) in [5.74, 6) is 0.749. The third kappa shape index (κ3) is 1.79. The number of rotatable bonds is 1. The fraction of sp³-hybridized carbons (Fsp3) is 0.455. The molecule has 1 aliphatic heterocycles. The molecule has 0 saturated carbocycles. The lowest BCUT2D eigenvalue weighted by atomic mass is 9.96. The molecule has 1 heterocycles. The second kappa shape index (κ2) is 3.81. The number of benzene rings is 1. The molecule has 1 fully saturated rings. The molecule has 1 N–H and O–H groups in total. The summed E-state index contributed by atoms with van der Waals surface area (Å²) in [4.78, 5) is 0. The van der Waals surface area contributed by atoms with Crippen molar-refractivity contribution in [3.8, 4) is 0 Å². The van der Waals surface area contributed by atoms with Gasteiger partial charge in [0.2, 0.25) is 0 Å². The topological polar surface area (TPSA) is 12.0 Å². The average Bonchev–Trinajstić information content (AvgIpc) is 2.52. The zero-order valence-electron chi connectivity index (χ0n) is 7.76. The van der Waals surface area contributed by atoms with Crippen molar-refractivity contribution in [3.05, 3.63) is 34.3 Å². The van der Waals surface area contributed by atoms with E-state index in [1.54, 1.807) is 0 Å². The molecule has 0 aromatic heterocycles.